The molecule has 0 aromatic heterocycles. The van der Waals surface area contributed by atoms with Gasteiger partial charge >= 0.3 is 0 Å². The fourth-order valence-electron chi connectivity index (χ4n) is 3.49. The fourth-order valence-corrected chi connectivity index (χ4v) is 4.49. The van der Waals surface area contributed by atoms with Crippen LogP contribution < -0.4 is 0 Å². The maximum Gasteiger partial charge on any atom is 0.127 e. The Morgan fingerprint density at radius 2 is 1.84 bits per heavy atom. The molecule has 1 saturated carbocycles. The molecule has 1 aliphatic rings. The minimum Gasteiger partial charge on any atom is -0.207 e. The van der Waals surface area contributed by atoms with Crippen molar-refractivity contribution in [3.63, 3.8) is 0 Å². The highest BCUT2D eigenvalue weighted by Gasteiger charge is 2.42. The third-order valence-electron chi connectivity index (χ3n) is 4.18. The van der Waals surface area contributed by atoms with Crippen molar-refractivity contribution in [2.75, 3.05) is 0 Å². The zero-order valence-electron chi connectivity index (χ0n) is 11.6. The molecule has 19 heavy (non-hydrogen) atoms. The normalized spacial score (nSPS) is 19.9. The summed E-state index contributed by atoms with van der Waals surface area (Å²) >= 11 is 3.68. The maximum atomic E-state index is 14.0. The lowest BCUT2D eigenvalue weighted by molar-refractivity contribution is 0.227. The van der Waals surface area contributed by atoms with E-state index in [1.54, 1.807) is 0 Å². The molecule has 0 spiro atoms. The van der Waals surface area contributed by atoms with Crippen molar-refractivity contribution in [1.29, 1.82) is 0 Å². The molecule has 0 bridgehead atoms. The van der Waals surface area contributed by atoms with Gasteiger partial charge in [0.25, 0.3) is 0 Å². The molecular formula is C16H21BrF2. The molecule has 0 nitrogen and oxygen atoms in total. The van der Waals surface area contributed by atoms with E-state index in [4.69, 9.17) is 0 Å². The van der Waals surface area contributed by atoms with E-state index in [1.807, 2.05) is 0 Å². The van der Waals surface area contributed by atoms with Gasteiger partial charge in [-0.2, -0.15) is 0 Å². The van der Waals surface area contributed by atoms with E-state index in [2.05, 4.69) is 29.8 Å². The summed E-state index contributed by atoms with van der Waals surface area (Å²) in [6.45, 7) is 4.39. The van der Waals surface area contributed by atoms with Crippen molar-refractivity contribution in [2.45, 2.75) is 50.8 Å². The van der Waals surface area contributed by atoms with Crippen LogP contribution in [-0.4, -0.2) is 0 Å². The summed E-state index contributed by atoms with van der Waals surface area (Å²) in [4.78, 5) is -0.0967. The molecular weight excluding hydrogens is 310 g/mol. The van der Waals surface area contributed by atoms with E-state index >= 15 is 0 Å². The Hall–Kier alpha value is -0.440. The average Bonchev–Trinajstić information content (AvgIpc) is 2.80. The van der Waals surface area contributed by atoms with E-state index in [9.17, 15) is 8.78 Å². The van der Waals surface area contributed by atoms with Crippen LogP contribution in [0.25, 0.3) is 0 Å². The number of rotatable bonds is 4. The lowest BCUT2D eigenvalue weighted by Crippen LogP contribution is -2.25. The maximum absolute atomic E-state index is 14.0. The first-order valence-electron chi connectivity index (χ1n) is 7.04. The van der Waals surface area contributed by atoms with Crippen LogP contribution in [0.3, 0.4) is 0 Å². The minimum absolute atomic E-state index is 0.0722. The van der Waals surface area contributed by atoms with Crippen molar-refractivity contribution in [2.24, 2.45) is 11.3 Å². The van der Waals surface area contributed by atoms with Gasteiger partial charge in [-0.15, -0.1) is 0 Å². The molecule has 2 rings (SSSR count). The van der Waals surface area contributed by atoms with Crippen molar-refractivity contribution in [3.8, 4) is 0 Å². The number of halogens is 3. The molecule has 1 aliphatic carbocycles. The third kappa shape index (κ3) is 3.18. The minimum atomic E-state index is -0.362. The molecule has 3 heteroatoms. The van der Waals surface area contributed by atoms with E-state index in [1.165, 1.54) is 31.0 Å². The zero-order valence-corrected chi connectivity index (χ0v) is 13.1. The van der Waals surface area contributed by atoms with Gasteiger partial charge in [0.05, 0.1) is 0 Å². The average molecular weight is 331 g/mol. The topological polar surface area (TPSA) is 0 Å². The van der Waals surface area contributed by atoms with Crippen LogP contribution in [0.5, 0.6) is 0 Å². The highest BCUT2D eigenvalue weighted by atomic mass is 79.9. The number of hydrogen-bond donors (Lipinski definition) is 0. The predicted octanol–water partition coefficient (Wildman–Crippen LogP) is 6.01. The van der Waals surface area contributed by atoms with Gasteiger partial charge < -0.3 is 0 Å². The van der Waals surface area contributed by atoms with Crippen LogP contribution >= 0.6 is 15.9 Å². The van der Waals surface area contributed by atoms with E-state index in [0.717, 1.165) is 19.3 Å². The van der Waals surface area contributed by atoms with Gasteiger partial charge in [-0.05, 0) is 48.8 Å². The van der Waals surface area contributed by atoms with Gasteiger partial charge in [0.1, 0.15) is 11.6 Å². The number of hydrogen-bond acceptors (Lipinski definition) is 0. The van der Waals surface area contributed by atoms with E-state index in [-0.39, 0.29) is 21.9 Å². The third-order valence-corrected chi connectivity index (χ3v) is 5.65. The van der Waals surface area contributed by atoms with Crippen molar-refractivity contribution >= 4 is 15.9 Å². The highest BCUT2D eigenvalue weighted by molar-refractivity contribution is 9.09. The van der Waals surface area contributed by atoms with Crippen LogP contribution in [-0.2, 0) is 0 Å². The summed E-state index contributed by atoms with van der Waals surface area (Å²) < 4.78 is 27.4. The molecule has 1 aromatic carbocycles. The predicted molar refractivity (Wildman–Crippen MR) is 78.4 cm³/mol. The fraction of sp³-hybridized carbons (Fsp3) is 0.625. The van der Waals surface area contributed by atoms with Crippen LogP contribution in [0.1, 0.15) is 56.3 Å². The first kappa shape index (κ1) is 15.0. The molecule has 0 amide bonds. The molecule has 0 aliphatic heterocycles. The van der Waals surface area contributed by atoms with Crippen LogP contribution in [0.15, 0.2) is 18.2 Å². The summed E-state index contributed by atoms with van der Waals surface area (Å²) in [6.07, 6.45) is 5.62. The smallest absolute Gasteiger partial charge is 0.127 e. The summed E-state index contributed by atoms with van der Waals surface area (Å²) in [7, 11) is 0. The van der Waals surface area contributed by atoms with Gasteiger partial charge in [-0.1, -0.05) is 42.6 Å². The van der Waals surface area contributed by atoms with Crippen LogP contribution in [0, 0.1) is 23.0 Å². The Bertz CT molecular complexity index is 436. The largest absolute Gasteiger partial charge is 0.207 e. The van der Waals surface area contributed by atoms with Crippen molar-refractivity contribution < 1.29 is 8.78 Å². The second kappa shape index (κ2) is 5.90. The number of benzene rings is 1. The van der Waals surface area contributed by atoms with Crippen molar-refractivity contribution in [3.05, 3.63) is 35.4 Å². The van der Waals surface area contributed by atoms with E-state index < -0.39 is 0 Å². The lowest BCUT2D eigenvalue weighted by atomic mass is 9.74. The number of alkyl halides is 1. The summed E-state index contributed by atoms with van der Waals surface area (Å²) in [6, 6.07) is 3.76. The molecule has 106 valence electrons. The van der Waals surface area contributed by atoms with Gasteiger partial charge in [0.15, 0.2) is 0 Å². The Morgan fingerprint density at radius 3 is 2.42 bits per heavy atom. The molecule has 0 N–H and O–H groups in total. The first-order chi connectivity index (χ1) is 8.94. The molecule has 0 heterocycles. The van der Waals surface area contributed by atoms with Gasteiger partial charge in [0, 0.05) is 10.4 Å². The van der Waals surface area contributed by atoms with E-state index in [0.29, 0.717) is 11.5 Å². The molecule has 1 aromatic rings. The highest BCUT2D eigenvalue weighted by Crippen LogP contribution is 2.55. The van der Waals surface area contributed by atoms with Crippen LogP contribution in [0.2, 0.25) is 0 Å². The Morgan fingerprint density at radius 1 is 1.21 bits per heavy atom. The monoisotopic (exact) mass is 330 g/mol. The molecule has 1 unspecified atom stereocenters. The summed E-state index contributed by atoms with van der Waals surface area (Å²) in [5.74, 6) is -0.105. The molecule has 1 atom stereocenters. The Balaban J connectivity index is 2.33. The van der Waals surface area contributed by atoms with Crippen molar-refractivity contribution in [1.82, 2.24) is 0 Å². The lowest BCUT2D eigenvalue weighted by Gasteiger charge is -2.36. The second-order valence-corrected chi connectivity index (χ2v) is 7.11. The summed E-state index contributed by atoms with van der Waals surface area (Å²) in [5.41, 5.74) is 0.547. The SMILES string of the molecule is CC(C)CC1(C(Br)c2cc(F)ccc2F)CCCC1. The molecule has 1 fully saturated rings. The molecule has 0 radical (unpaired) electrons. The van der Waals surface area contributed by atoms with Crippen LogP contribution in [0.4, 0.5) is 8.78 Å². The first-order valence-corrected chi connectivity index (χ1v) is 7.95. The molecule has 0 saturated heterocycles. The zero-order chi connectivity index (χ0) is 14.0. The quantitative estimate of drug-likeness (QED) is 0.593. The summed E-state index contributed by atoms with van der Waals surface area (Å²) in [5, 5.41) is 0. The van der Waals surface area contributed by atoms with Gasteiger partial charge in [-0.3, -0.25) is 0 Å². The Labute approximate surface area is 122 Å². The standard InChI is InChI=1S/C16H21BrF2/c1-11(2)10-16(7-3-4-8-16)15(17)13-9-12(18)5-6-14(13)19/h5-6,9,11,15H,3-4,7-8,10H2,1-2H3. The van der Waals surface area contributed by atoms with Gasteiger partial charge in [-0.25, -0.2) is 8.78 Å². The van der Waals surface area contributed by atoms with Gasteiger partial charge in [0.2, 0.25) is 0 Å². The second-order valence-electron chi connectivity index (χ2n) is 6.20. The Kier molecular flexibility index (Phi) is 4.65.